The van der Waals surface area contributed by atoms with E-state index >= 15 is 0 Å². The van der Waals surface area contributed by atoms with Gasteiger partial charge in [-0.15, -0.1) is 5.10 Å². The number of para-hydroxylation sites is 1. The molecule has 0 atom stereocenters. The number of unbranched alkanes of at least 4 members (excludes halogenated alkanes) is 1. The lowest BCUT2D eigenvalue weighted by molar-refractivity contribution is 0.0698. The smallest absolute Gasteiger partial charge is 0.337 e. The van der Waals surface area contributed by atoms with Crippen molar-refractivity contribution >= 4 is 17.0 Å². The summed E-state index contributed by atoms with van der Waals surface area (Å²) in [6, 6.07) is 5.01. The highest BCUT2D eigenvalue weighted by Gasteiger charge is 2.13. The molecule has 18 heavy (non-hydrogen) atoms. The third-order valence-corrected chi connectivity index (χ3v) is 2.73. The van der Waals surface area contributed by atoms with Crippen molar-refractivity contribution < 1.29 is 14.6 Å². The van der Waals surface area contributed by atoms with Crippen LogP contribution in [0.3, 0.4) is 0 Å². The molecule has 2 aromatic rings. The molecule has 2 rings (SSSR count). The van der Waals surface area contributed by atoms with Crippen LogP contribution in [0, 0.1) is 0 Å². The van der Waals surface area contributed by atoms with E-state index in [0.717, 1.165) is 12.8 Å². The van der Waals surface area contributed by atoms with Crippen molar-refractivity contribution in [3.8, 4) is 0 Å². The number of methoxy groups -OCH3 is 1. The largest absolute Gasteiger partial charge is 0.478 e. The maximum atomic E-state index is 11.2. The van der Waals surface area contributed by atoms with Crippen molar-refractivity contribution in [3.63, 3.8) is 0 Å². The van der Waals surface area contributed by atoms with Crippen molar-refractivity contribution in [3.05, 3.63) is 23.8 Å². The first kappa shape index (κ1) is 12.5. The predicted molar refractivity (Wildman–Crippen MR) is 65.6 cm³/mol. The van der Waals surface area contributed by atoms with Crippen LogP contribution < -0.4 is 0 Å². The Kier molecular flexibility index (Phi) is 3.88. The van der Waals surface area contributed by atoms with Gasteiger partial charge in [-0.05, 0) is 25.0 Å². The number of carbonyl (C=O) groups is 1. The first-order valence-electron chi connectivity index (χ1n) is 5.78. The summed E-state index contributed by atoms with van der Waals surface area (Å²) < 4.78 is 6.62. The summed E-state index contributed by atoms with van der Waals surface area (Å²) in [7, 11) is 1.66. The highest BCUT2D eigenvalue weighted by Crippen LogP contribution is 2.17. The number of carboxylic acids is 1. The van der Waals surface area contributed by atoms with Crippen LogP contribution in [0.1, 0.15) is 23.2 Å². The molecule has 0 aliphatic carbocycles. The Hall–Kier alpha value is -1.95. The molecule has 6 heteroatoms. The molecule has 0 saturated carbocycles. The van der Waals surface area contributed by atoms with Gasteiger partial charge >= 0.3 is 5.97 Å². The Balaban J connectivity index is 2.25. The van der Waals surface area contributed by atoms with Gasteiger partial charge in [0.1, 0.15) is 11.0 Å². The molecule has 96 valence electrons. The van der Waals surface area contributed by atoms with E-state index in [-0.39, 0.29) is 5.56 Å². The van der Waals surface area contributed by atoms with Gasteiger partial charge in [0, 0.05) is 20.3 Å². The van der Waals surface area contributed by atoms with Crippen molar-refractivity contribution in [1.82, 2.24) is 15.0 Å². The topological polar surface area (TPSA) is 77.2 Å². The number of ether oxygens (including phenoxy) is 1. The lowest BCUT2D eigenvalue weighted by Crippen LogP contribution is -2.06. The molecule has 1 N–H and O–H groups in total. The fourth-order valence-corrected chi connectivity index (χ4v) is 1.87. The van der Waals surface area contributed by atoms with Crippen LogP contribution in [0.15, 0.2) is 18.2 Å². The van der Waals surface area contributed by atoms with E-state index in [1.807, 2.05) is 0 Å². The van der Waals surface area contributed by atoms with E-state index in [9.17, 15) is 4.79 Å². The molecule has 0 unspecified atom stereocenters. The third kappa shape index (κ3) is 2.48. The van der Waals surface area contributed by atoms with Crippen LogP contribution in [-0.2, 0) is 11.3 Å². The Labute approximate surface area is 104 Å². The van der Waals surface area contributed by atoms with Gasteiger partial charge in [-0.25, -0.2) is 9.48 Å². The van der Waals surface area contributed by atoms with E-state index in [1.165, 1.54) is 0 Å². The fourth-order valence-electron chi connectivity index (χ4n) is 1.87. The van der Waals surface area contributed by atoms with E-state index in [4.69, 9.17) is 9.84 Å². The Morgan fingerprint density at radius 2 is 2.28 bits per heavy atom. The number of aromatic nitrogens is 3. The van der Waals surface area contributed by atoms with Gasteiger partial charge in [-0.1, -0.05) is 11.3 Å². The molecule has 0 bridgehead atoms. The molecule has 0 saturated heterocycles. The first-order valence-corrected chi connectivity index (χ1v) is 5.78. The molecule has 6 nitrogen and oxygen atoms in total. The molecule has 0 spiro atoms. The van der Waals surface area contributed by atoms with Crippen LogP contribution in [0.5, 0.6) is 0 Å². The van der Waals surface area contributed by atoms with Gasteiger partial charge in [0.15, 0.2) is 0 Å². The standard InChI is InChI=1S/C12H15N3O3/c1-18-8-3-2-7-15-11-9(12(16)17)5-4-6-10(11)13-14-15/h4-6H,2-3,7-8H2,1H3,(H,16,17). The number of nitrogens with zero attached hydrogens (tertiary/aromatic N) is 3. The van der Waals surface area contributed by atoms with Crippen LogP contribution in [-0.4, -0.2) is 39.8 Å². The average molecular weight is 249 g/mol. The number of hydrogen-bond acceptors (Lipinski definition) is 4. The second-order valence-corrected chi connectivity index (χ2v) is 3.99. The van der Waals surface area contributed by atoms with E-state index in [0.29, 0.717) is 24.2 Å². The molecular formula is C12H15N3O3. The SMILES string of the molecule is COCCCCn1nnc2cccc(C(=O)O)c21. The maximum absolute atomic E-state index is 11.2. The highest BCUT2D eigenvalue weighted by molar-refractivity contribution is 6.00. The molecule has 0 fully saturated rings. The first-order chi connectivity index (χ1) is 8.74. The zero-order chi connectivity index (χ0) is 13.0. The second kappa shape index (κ2) is 5.59. The van der Waals surface area contributed by atoms with E-state index in [1.54, 1.807) is 30.0 Å². The predicted octanol–water partition coefficient (Wildman–Crippen LogP) is 1.56. The van der Waals surface area contributed by atoms with Crippen molar-refractivity contribution in [2.75, 3.05) is 13.7 Å². The van der Waals surface area contributed by atoms with Crippen molar-refractivity contribution in [1.29, 1.82) is 0 Å². The Bertz CT molecular complexity index is 550. The monoisotopic (exact) mass is 249 g/mol. The summed E-state index contributed by atoms with van der Waals surface area (Å²) in [4.78, 5) is 11.2. The highest BCUT2D eigenvalue weighted by atomic mass is 16.5. The second-order valence-electron chi connectivity index (χ2n) is 3.99. The number of fused-ring (bicyclic) bond motifs is 1. The maximum Gasteiger partial charge on any atom is 0.337 e. The van der Waals surface area contributed by atoms with Gasteiger partial charge in [0.05, 0.1) is 5.56 Å². The molecule has 0 radical (unpaired) electrons. The summed E-state index contributed by atoms with van der Waals surface area (Å²) in [6.07, 6.45) is 1.79. The summed E-state index contributed by atoms with van der Waals surface area (Å²) in [6.45, 7) is 1.34. The molecule has 0 aliphatic rings. The summed E-state index contributed by atoms with van der Waals surface area (Å²) in [5.74, 6) is -0.957. The zero-order valence-electron chi connectivity index (χ0n) is 10.2. The van der Waals surface area contributed by atoms with Gasteiger partial charge in [-0.3, -0.25) is 0 Å². The average Bonchev–Trinajstić information content (AvgIpc) is 2.77. The minimum Gasteiger partial charge on any atom is -0.478 e. The summed E-state index contributed by atoms with van der Waals surface area (Å²) >= 11 is 0. The Morgan fingerprint density at radius 1 is 1.44 bits per heavy atom. The minimum atomic E-state index is -0.957. The van der Waals surface area contributed by atoms with Crippen LogP contribution >= 0.6 is 0 Å². The van der Waals surface area contributed by atoms with Crippen molar-refractivity contribution in [2.45, 2.75) is 19.4 Å². The quantitative estimate of drug-likeness (QED) is 0.786. The molecule has 1 aromatic heterocycles. The number of rotatable bonds is 6. The van der Waals surface area contributed by atoms with Crippen LogP contribution in [0.25, 0.3) is 11.0 Å². The van der Waals surface area contributed by atoms with Crippen LogP contribution in [0.4, 0.5) is 0 Å². The third-order valence-electron chi connectivity index (χ3n) is 2.73. The van der Waals surface area contributed by atoms with Gasteiger partial charge in [0.25, 0.3) is 0 Å². The lowest BCUT2D eigenvalue weighted by atomic mass is 10.2. The van der Waals surface area contributed by atoms with Gasteiger partial charge < -0.3 is 9.84 Å². The number of aryl methyl sites for hydroxylation is 1. The van der Waals surface area contributed by atoms with Gasteiger partial charge in [0.2, 0.25) is 0 Å². The van der Waals surface area contributed by atoms with Crippen molar-refractivity contribution in [2.24, 2.45) is 0 Å². The molecule has 1 heterocycles. The lowest BCUT2D eigenvalue weighted by Gasteiger charge is -2.04. The number of aromatic carboxylic acids is 1. The van der Waals surface area contributed by atoms with E-state index in [2.05, 4.69) is 10.3 Å². The molecule has 0 aliphatic heterocycles. The number of benzene rings is 1. The van der Waals surface area contributed by atoms with E-state index < -0.39 is 5.97 Å². The van der Waals surface area contributed by atoms with Gasteiger partial charge in [-0.2, -0.15) is 0 Å². The molecule has 1 aromatic carbocycles. The Morgan fingerprint density at radius 3 is 3.00 bits per heavy atom. The molecule has 0 amide bonds. The number of hydrogen-bond donors (Lipinski definition) is 1. The fraction of sp³-hybridized carbons (Fsp3) is 0.417. The molecular weight excluding hydrogens is 234 g/mol. The minimum absolute atomic E-state index is 0.240. The summed E-state index contributed by atoms with van der Waals surface area (Å²) in [5, 5.41) is 17.1. The van der Waals surface area contributed by atoms with Crippen LogP contribution in [0.2, 0.25) is 0 Å². The normalized spacial score (nSPS) is 10.9. The zero-order valence-corrected chi connectivity index (χ0v) is 10.2. The number of carboxylic acid groups (broad SMARTS) is 1. The summed E-state index contributed by atoms with van der Waals surface area (Å²) in [5.41, 5.74) is 1.44.